The Morgan fingerprint density at radius 1 is 1.89 bits per heavy atom. The number of nitrogens with zero attached hydrogens (tertiary/aromatic N) is 1. The molecule has 0 atom stereocenters. The third-order valence-electron chi connectivity index (χ3n) is 0.871. The lowest BCUT2D eigenvalue weighted by molar-refractivity contribution is 0.0965. The predicted molar refractivity (Wildman–Crippen MR) is 29.8 cm³/mol. The molecule has 0 aliphatic heterocycles. The molecule has 0 aliphatic carbocycles. The van der Waals surface area contributed by atoms with Gasteiger partial charge in [-0.25, -0.2) is 0 Å². The largest absolute Gasteiger partial charge is 0.363 e. The zero-order valence-electron chi connectivity index (χ0n) is 4.92. The molecule has 0 unspecified atom stereocenters. The summed E-state index contributed by atoms with van der Waals surface area (Å²) in [6.07, 6.45) is 0. The lowest BCUT2D eigenvalue weighted by Crippen LogP contribution is -2.09. The maximum Gasteiger partial charge on any atom is 0.287 e. The summed E-state index contributed by atoms with van der Waals surface area (Å²) in [4.78, 5) is 10.3. The summed E-state index contributed by atoms with van der Waals surface area (Å²) >= 11 is 0. The summed E-state index contributed by atoms with van der Waals surface area (Å²) in [6, 6.07) is 1.49. The molecule has 1 heterocycles. The van der Waals surface area contributed by atoms with Gasteiger partial charge < -0.3 is 10.3 Å². The van der Waals surface area contributed by atoms with E-state index in [0.29, 0.717) is 5.69 Å². The van der Waals surface area contributed by atoms with Crippen molar-refractivity contribution in [2.75, 3.05) is 0 Å². The van der Waals surface area contributed by atoms with E-state index in [1.807, 2.05) is 0 Å². The van der Waals surface area contributed by atoms with Gasteiger partial charge in [0.05, 0.1) is 5.69 Å². The van der Waals surface area contributed by atoms with Crippen molar-refractivity contribution < 1.29 is 9.32 Å². The lowest BCUT2D eigenvalue weighted by Gasteiger charge is -1.78. The summed E-state index contributed by atoms with van der Waals surface area (Å²) in [5.74, 6) is -0.483. The van der Waals surface area contributed by atoms with Crippen LogP contribution in [0.15, 0.2) is 10.6 Å². The first kappa shape index (κ1) is 5.81. The number of aromatic nitrogens is 1. The summed E-state index contributed by atoms with van der Waals surface area (Å²) in [5, 5.41) is 3.46. The number of amides is 1. The van der Waals surface area contributed by atoms with Gasteiger partial charge in [0.15, 0.2) is 0 Å². The molecule has 1 aromatic rings. The standard InChI is InChI=1S/C5H6N2O2/c1-3-2-4(5(6)8)9-7-3/h2H,1H3,(H2,6,8). The second kappa shape index (κ2) is 1.89. The lowest BCUT2D eigenvalue weighted by atomic mass is 10.4. The Hall–Kier alpha value is -1.32. The molecule has 48 valence electrons. The fraction of sp³-hybridized carbons (Fsp3) is 0.200. The van der Waals surface area contributed by atoms with E-state index in [4.69, 9.17) is 5.73 Å². The quantitative estimate of drug-likeness (QED) is 0.579. The minimum atomic E-state index is -0.587. The SMILES string of the molecule is Cc1cc(C(N)=O)on1. The number of carbonyl (C=O) groups is 1. The van der Waals surface area contributed by atoms with Gasteiger partial charge in [0.1, 0.15) is 0 Å². The molecule has 2 N–H and O–H groups in total. The highest BCUT2D eigenvalue weighted by molar-refractivity contribution is 5.89. The van der Waals surface area contributed by atoms with Crippen LogP contribution >= 0.6 is 0 Å². The molecule has 0 bridgehead atoms. The van der Waals surface area contributed by atoms with Crippen molar-refractivity contribution in [1.82, 2.24) is 5.16 Å². The van der Waals surface area contributed by atoms with Crippen LogP contribution in [-0.4, -0.2) is 11.1 Å². The summed E-state index contributed by atoms with van der Waals surface area (Å²) in [6.45, 7) is 1.72. The first-order valence-electron chi connectivity index (χ1n) is 2.43. The van der Waals surface area contributed by atoms with E-state index in [-0.39, 0.29) is 5.76 Å². The average Bonchev–Trinajstić information content (AvgIpc) is 2.14. The Morgan fingerprint density at radius 2 is 2.56 bits per heavy atom. The second-order valence-corrected chi connectivity index (χ2v) is 1.70. The van der Waals surface area contributed by atoms with Gasteiger partial charge in [0, 0.05) is 6.07 Å². The Bertz CT molecular complexity index is 229. The van der Waals surface area contributed by atoms with E-state index in [1.165, 1.54) is 6.07 Å². The number of hydrogen-bond donors (Lipinski definition) is 1. The Morgan fingerprint density at radius 3 is 2.78 bits per heavy atom. The van der Waals surface area contributed by atoms with Crippen LogP contribution < -0.4 is 5.73 Å². The highest BCUT2D eigenvalue weighted by atomic mass is 16.5. The van der Waals surface area contributed by atoms with E-state index >= 15 is 0 Å². The molecule has 0 fully saturated rings. The number of aryl methyl sites for hydroxylation is 1. The van der Waals surface area contributed by atoms with Crippen molar-refractivity contribution >= 4 is 5.91 Å². The monoisotopic (exact) mass is 126 g/mol. The first-order chi connectivity index (χ1) is 4.20. The first-order valence-corrected chi connectivity index (χ1v) is 2.43. The van der Waals surface area contributed by atoms with Gasteiger partial charge in [-0.05, 0) is 6.92 Å². The van der Waals surface area contributed by atoms with Gasteiger partial charge in [-0.1, -0.05) is 5.16 Å². The maximum absolute atomic E-state index is 10.3. The highest BCUT2D eigenvalue weighted by Crippen LogP contribution is 1.99. The van der Waals surface area contributed by atoms with Gasteiger partial charge in [-0.15, -0.1) is 0 Å². The molecular formula is C5H6N2O2. The molecule has 1 rings (SSSR count). The molecule has 1 amide bonds. The Labute approximate surface area is 51.6 Å². The van der Waals surface area contributed by atoms with Crippen molar-refractivity contribution in [2.24, 2.45) is 5.73 Å². The normalized spacial score (nSPS) is 9.44. The molecule has 0 spiro atoms. The number of nitrogens with two attached hydrogens (primary N) is 1. The van der Waals surface area contributed by atoms with Crippen molar-refractivity contribution in [2.45, 2.75) is 6.92 Å². The molecular weight excluding hydrogens is 120 g/mol. The van der Waals surface area contributed by atoms with Crippen molar-refractivity contribution in [3.63, 3.8) is 0 Å². The maximum atomic E-state index is 10.3. The van der Waals surface area contributed by atoms with Gasteiger partial charge >= 0.3 is 0 Å². The zero-order valence-corrected chi connectivity index (χ0v) is 4.92. The van der Waals surface area contributed by atoms with Crippen LogP contribution in [0, 0.1) is 6.92 Å². The number of rotatable bonds is 1. The number of primary amides is 1. The van der Waals surface area contributed by atoms with Crippen molar-refractivity contribution in [3.8, 4) is 0 Å². The third-order valence-corrected chi connectivity index (χ3v) is 0.871. The fourth-order valence-electron chi connectivity index (χ4n) is 0.480. The molecule has 0 radical (unpaired) electrons. The Balaban J connectivity index is 2.98. The fourth-order valence-corrected chi connectivity index (χ4v) is 0.480. The van der Waals surface area contributed by atoms with E-state index in [9.17, 15) is 4.79 Å². The summed E-state index contributed by atoms with van der Waals surface area (Å²) in [7, 11) is 0. The van der Waals surface area contributed by atoms with Crippen LogP contribution in [0.25, 0.3) is 0 Å². The summed E-state index contributed by atoms with van der Waals surface area (Å²) < 4.78 is 4.50. The van der Waals surface area contributed by atoms with Crippen molar-refractivity contribution in [3.05, 3.63) is 17.5 Å². The smallest absolute Gasteiger partial charge is 0.287 e. The van der Waals surface area contributed by atoms with Crippen LogP contribution in [0.5, 0.6) is 0 Å². The van der Waals surface area contributed by atoms with Gasteiger partial charge in [0.25, 0.3) is 5.91 Å². The molecule has 4 heteroatoms. The van der Waals surface area contributed by atoms with E-state index < -0.39 is 5.91 Å². The molecule has 4 nitrogen and oxygen atoms in total. The van der Waals surface area contributed by atoms with Crippen LogP contribution in [0.4, 0.5) is 0 Å². The third kappa shape index (κ3) is 1.07. The molecule has 0 aliphatic rings. The van der Waals surface area contributed by atoms with Crippen molar-refractivity contribution in [1.29, 1.82) is 0 Å². The number of carbonyl (C=O) groups excluding carboxylic acids is 1. The zero-order chi connectivity index (χ0) is 6.85. The van der Waals surface area contributed by atoms with Gasteiger partial charge in [0.2, 0.25) is 5.76 Å². The van der Waals surface area contributed by atoms with Gasteiger partial charge in [-0.2, -0.15) is 0 Å². The minimum absolute atomic E-state index is 0.104. The highest BCUT2D eigenvalue weighted by Gasteiger charge is 2.04. The van der Waals surface area contributed by atoms with Crippen LogP contribution in [0.1, 0.15) is 16.2 Å². The number of hydrogen-bond acceptors (Lipinski definition) is 3. The average molecular weight is 126 g/mol. The van der Waals surface area contributed by atoms with E-state index in [1.54, 1.807) is 6.92 Å². The molecule has 1 aromatic heterocycles. The van der Waals surface area contributed by atoms with Crippen LogP contribution in [0.3, 0.4) is 0 Å². The topological polar surface area (TPSA) is 69.1 Å². The Kier molecular flexibility index (Phi) is 1.22. The molecule has 0 aromatic carbocycles. The minimum Gasteiger partial charge on any atom is -0.363 e. The van der Waals surface area contributed by atoms with Gasteiger partial charge in [-0.3, -0.25) is 4.79 Å². The van der Waals surface area contributed by atoms with E-state index in [2.05, 4.69) is 9.68 Å². The molecule has 0 saturated heterocycles. The van der Waals surface area contributed by atoms with E-state index in [0.717, 1.165) is 0 Å². The molecule has 0 saturated carbocycles. The van der Waals surface area contributed by atoms with Crippen LogP contribution in [-0.2, 0) is 0 Å². The second-order valence-electron chi connectivity index (χ2n) is 1.70. The van der Waals surface area contributed by atoms with Crippen LogP contribution in [0.2, 0.25) is 0 Å². The molecule has 9 heavy (non-hydrogen) atoms. The summed E-state index contributed by atoms with van der Waals surface area (Å²) in [5.41, 5.74) is 5.51. The predicted octanol–water partition coefficient (Wildman–Crippen LogP) is 0.0819.